The van der Waals surface area contributed by atoms with Gasteiger partial charge in [-0.25, -0.2) is 0 Å². The first-order chi connectivity index (χ1) is 18.1. The van der Waals surface area contributed by atoms with E-state index in [1.807, 2.05) is 23.2 Å². The quantitative estimate of drug-likeness (QED) is 0.238. The second-order valence-corrected chi connectivity index (χ2v) is 10.6. The first-order valence-corrected chi connectivity index (χ1v) is 13.0. The van der Waals surface area contributed by atoms with Gasteiger partial charge in [-0.05, 0) is 65.2 Å². The van der Waals surface area contributed by atoms with E-state index in [4.69, 9.17) is 34.8 Å². The molecule has 0 bridgehead atoms. The highest BCUT2D eigenvalue weighted by molar-refractivity contribution is 7.99. The number of nitrogens with zero attached hydrogens (tertiary/aromatic N) is 3. The molecule has 7 nitrogen and oxygen atoms in total. The maximum absolute atomic E-state index is 13.9. The Kier molecular flexibility index (Phi) is 7.32. The molecule has 38 heavy (non-hydrogen) atoms. The maximum Gasteiger partial charge on any atom is 0.362 e. The number of fused-ring (bicyclic) bond motifs is 1. The first kappa shape index (κ1) is 26.4. The summed E-state index contributed by atoms with van der Waals surface area (Å²) >= 11 is 18.6. The van der Waals surface area contributed by atoms with Gasteiger partial charge in [-0.15, -0.1) is 5.10 Å². The molecule has 0 aliphatic carbocycles. The molecule has 2 aromatic carbocycles. The Balaban J connectivity index is 1.47. The first-order valence-electron chi connectivity index (χ1n) is 11.0. The number of benzene rings is 2. The lowest BCUT2D eigenvalue weighted by molar-refractivity contribution is 0.0740. The summed E-state index contributed by atoms with van der Waals surface area (Å²) < 4.78 is 27.9. The van der Waals surface area contributed by atoms with Crippen molar-refractivity contribution >= 4 is 64.0 Å². The van der Waals surface area contributed by atoms with Crippen LogP contribution in [0.4, 0.5) is 20.3 Å². The van der Waals surface area contributed by atoms with Crippen LogP contribution in [-0.2, 0) is 18.5 Å². The zero-order valence-corrected chi connectivity index (χ0v) is 22.2. The molecule has 0 fully saturated rings. The molecule has 1 aliphatic heterocycles. The van der Waals surface area contributed by atoms with Crippen molar-refractivity contribution in [3.8, 4) is 0 Å². The molecule has 3 heterocycles. The van der Waals surface area contributed by atoms with Gasteiger partial charge >= 0.3 is 5.38 Å². The molecule has 2 aromatic heterocycles. The number of nitrogens with one attached hydrogen (secondary N) is 2. The number of anilines is 2. The Morgan fingerprint density at radius 1 is 1.05 bits per heavy atom. The largest absolute Gasteiger partial charge is 0.362 e. The number of pyridine rings is 1. The highest BCUT2D eigenvalue weighted by Crippen LogP contribution is 2.41. The second kappa shape index (κ2) is 10.5. The van der Waals surface area contributed by atoms with Crippen LogP contribution in [0.2, 0.25) is 10.0 Å². The van der Waals surface area contributed by atoms with E-state index in [0.29, 0.717) is 10.7 Å². The average molecular weight is 595 g/mol. The number of carbonyl (C=O) groups is 1. The van der Waals surface area contributed by atoms with Crippen molar-refractivity contribution in [3.05, 3.63) is 104 Å². The van der Waals surface area contributed by atoms with E-state index < -0.39 is 22.5 Å². The van der Waals surface area contributed by atoms with E-state index in [0.717, 1.165) is 34.6 Å². The molecule has 0 radical (unpaired) electrons. The number of hydrogen-bond donors (Lipinski definition) is 2. The summed E-state index contributed by atoms with van der Waals surface area (Å²) in [6, 6.07) is 14.8. The van der Waals surface area contributed by atoms with Crippen molar-refractivity contribution < 1.29 is 13.6 Å². The number of carbonyl (C=O) groups excluding carboxylic acids is 1. The van der Waals surface area contributed by atoms with E-state index in [1.165, 1.54) is 4.90 Å². The van der Waals surface area contributed by atoms with Crippen LogP contribution in [0.1, 0.15) is 27.2 Å². The average Bonchev–Trinajstić information content (AvgIpc) is 3.29. The molecule has 13 heteroatoms. The fourth-order valence-electron chi connectivity index (χ4n) is 3.95. The lowest BCUT2D eigenvalue weighted by Gasteiger charge is -2.19. The molecule has 0 atom stereocenters. The van der Waals surface area contributed by atoms with E-state index in [9.17, 15) is 18.4 Å². The van der Waals surface area contributed by atoms with Gasteiger partial charge in [-0.1, -0.05) is 47.1 Å². The number of aromatic amines is 1. The normalized spacial score (nSPS) is 12.9. The van der Waals surface area contributed by atoms with Crippen molar-refractivity contribution in [3.63, 3.8) is 0 Å². The van der Waals surface area contributed by atoms with Crippen molar-refractivity contribution in [2.24, 2.45) is 0 Å². The van der Waals surface area contributed by atoms with Crippen LogP contribution < -0.4 is 10.9 Å². The predicted molar refractivity (Wildman–Crippen MR) is 143 cm³/mol. The van der Waals surface area contributed by atoms with Crippen LogP contribution in [-0.4, -0.2) is 26.0 Å². The highest BCUT2D eigenvalue weighted by atomic mass is 35.5. The van der Waals surface area contributed by atoms with E-state index in [2.05, 4.69) is 15.5 Å². The van der Waals surface area contributed by atoms with Gasteiger partial charge in [0.05, 0.1) is 10.0 Å². The summed E-state index contributed by atoms with van der Waals surface area (Å²) in [7, 11) is 0. The van der Waals surface area contributed by atoms with Crippen LogP contribution in [0.15, 0.2) is 75.4 Å². The number of hydrogen-bond acceptors (Lipinski definition) is 6. The summed E-state index contributed by atoms with van der Waals surface area (Å²) in [6.07, 6.45) is 1.56. The van der Waals surface area contributed by atoms with Crippen molar-refractivity contribution in [1.29, 1.82) is 0 Å². The number of alkyl halides is 3. The van der Waals surface area contributed by atoms with Crippen molar-refractivity contribution in [2.75, 3.05) is 5.32 Å². The summed E-state index contributed by atoms with van der Waals surface area (Å²) in [5.74, 6) is -0.0815. The van der Waals surface area contributed by atoms with Gasteiger partial charge in [0, 0.05) is 34.8 Å². The summed E-state index contributed by atoms with van der Waals surface area (Å²) in [5, 5.41) is 7.57. The molecular formula is C25H16Cl3F2N5O2S. The molecule has 194 valence electrons. The Labute approximate surface area is 234 Å². The third-order valence-electron chi connectivity index (χ3n) is 5.71. The van der Waals surface area contributed by atoms with Crippen LogP contribution >= 0.6 is 46.6 Å². The van der Waals surface area contributed by atoms with Crippen molar-refractivity contribution in [2.45, 2.75) is 28.3 Å². The zero-order valence-electron chi connectivity index (χ0n) is 19.1. The van der Waals surface area contributed by atoms with Crippen molar-refractivity contribution in [1.82, 2.24) is 20.1 Å². The standard InChI is InChI=1S/C25H16Cl3F2N5O2S/c26-16-3-1-4-17(27)22(16)38-18-10-19(25(28,29)30)33-23(36)21(18)24(37)35-11-13-6-7-15(9-14(13)12-35)32-20-5-2-8-31-34-20/h1-10H,11-12H2,(H,32,34)(H,33,36). The Morgan fingerprint density at radius 2 is 1.79 bits per heavy atom. The minimum atomic E-state index is -3.86. The lowest BCUT2D eigenvalue weighted by atomic mass is 10.1. The molecule has 2 N–H and O–H groups in total. The van der Waals surface area contributed by atoms with Gasteiger partial charge in [-0.3, -0.25) is 9.59 Å². The molecule has 1 amide bonds. The second-order valence-electron chi connectivity index (χ2n) is 8.28. The summed E-state index contributed by atoms with van der Waals surface area (Å²) in [5.41, 5.74) is 0.314. The van der Waals surface area contributed by atoms with Gasteiger partial charge < -0.3 is 15.2 Å². The molecule has 0 saturated heterocycles. The molecule has 0 unspecified atom stereocenters. The van der Waals surface area contributed by atoms with Crippen LogP contribution in [0.3, 0.4) is 0 Å². The number of aromatic nitrogens is 3. The Bertz CT molecular complexity index is 1580. The third-order valence-corrected chi connectivity index (χ3v) is 7.95. The Hall–Kier alpha value is -3.18. The number of rotatable bonds is 6. The number of halogens is 5. The van der Waals surface area contributed by atoms with Crippen LogP contribution in [0.5, 0.6) is 0 Å². The molecule has 1 aliphatic rings. The predicted octanol–water partition coefficient (Wildman–Crippen LogP) is 6.81. The highest BCUT2D eigenvalue weighted by Gasteiger charge is 2.34. The van der Waals surface area contributed by atoms with Crippen LogP contribution in [0.25, 0.3) is 0 Å². The van der Waals surface area contributed by atoms with Crippen LogP contribution in [0, 0.1) is 0 Å². The molecular weight excluding hydrogens is 579 g/mol. The number of H-pyrrole nitrogens is 1. The Morgan fingerprint density at radius 3 is 2.47 bits per heavy atom. The summed E-state index contributed by atoms with van der Waals surface area (Å²) in [4.78, 5) is 30.4. The monoisotopic (exact) mass is 593 g/mol. The van der Waals surface area contributed by atoms with Gasteiger partial charge in [-0.2, -0.15) is 13.9 Å². The molecule has 4 aromatic rings. The maximum atomic E-state index is 13.9. The number of amides is 1. The molecule has 0 saturated carbocycles. The van der Waals surface area contributed by atoms with E-state index in [-0.39, 0.29) is 33.6 Å². The summed E-state index contributed by atoms with van der Waals surface area (Å²) in [6.45, 7) is 0.428. The fraction of sp³-hybridized carbons (Fsp3) is 0.120. The third kappa shape index (κ3) is 5.49. The van der Waals surface area contributed by atoms with Gasteiger partial charge in [0.15, 0.2) is 5.82 Å². The lowest BCUT2D eigenvalue weighted by Crippen LogP contribution is -2.32. The minimum absolute atomic E-state index is 0.0509. The zero-order chi connectivity index (χ0) is 27.0. The fourth-order valence-corrected chi connectivity index (χ4v) is 5.69. The van der Waals surface area contributed by atoms with Gasteiger partial charge in [0.1, 0.15) is 11.3 Å². The van der Waals surface area contributed by atoms with E-state index in [1.54, 1.807) is 36.5 Å². The molecule has 5 rings (SSSR count). The topological polar surface area (TPSA) is 91.0 Å². The van der Waals surface area contributed by atoms with E-state index >= 15 is 0 Å². The van der Waals surface area contributed by atoms with Gasteiger partial charge in [0.25, 0.3) is 11.5 Å². The smallest absolute Gasteiger partial charge is 0.339 e. The SMILES string of the molecule is O=C(c1c(Sc2c(Cl)cccc2Cl)cc(C(F)(F)Cl)[nH]c1=O)N1Cc2ccc(Nc3cccnn3)cc2C1. The van der Waals surface area contributed by atoms with Gasteiger partial charge in [0.2, 0.25) is 0 Å². The minimum Gasteiger partial charge on any atom is -0.339 e. The molecule has 0 spiro atoms.